The number of amides is 1. The number of pyridine rings is 1. The summed E-state index contributed by atoms with van der Waals surface area (Å²) in [4.78, 5) is 39.4. The number of nitrogen functional groups attached to an aromatic ring is 1. The van der Waals surface area contributed by atoms with Gasteiger partial charge in [0.05, 0.1) is 26.8 Å². The molecule has 0 unspecified atom stereocenters. The molecular weight excluding hydrogens is 547 g/mol. The van der Waals surface area contributed by atoms with Gasteiger partial charge in [0.25, 0.3) is 0 Å². The molecule has 40 heavy (non-hydrogen) atoms. The number of hydrogen-bond acceptors (Lipinski definition) is 6. The molecule has 2 aromatic heterocycles. The minimum atomic E-state index is -0.456. The number of halogens is 2. The largest absolute Gasteiger partial charge is 0.399 e. The average molecular weight is 578 g/mol. The van der Waals surface area contributed by atoms with Crippen LogP contribution in [-0.2, 0) is 11.2 Å². The van der Waals surface area contributed by atoms with Gasteiger partial charge in [-0.05, 0) is 55.3 Å². The molecule has 1 aliphatic rings. The molecule has 1 fully saturated rings. The summed E-state index contributed by atoms with van der Waals surface area (Å²) >= 11 is 13.4. The van der Waals surface area contributed by atoms with E-state index in [1.165, 1.54) is 6.08 Å². The summed E-state index contributed by atoms with van der Waals surface area (Å²) in [6.07, 6.45) is 3.01. The maximum absolute atomic E-state index is 13.9. The van der Waals surface area contributed by atoms with E-state index in [0.717, 1.165) is 18.4 Å². The molecule has 1 aliphatic heterocycles. The van der Waals surface area contributed by atoms with Crippen LogP contribution in [0.3, 0.4) is 0 Å². The Labute approximate surface area is 242 Å². The van der Waals surface area contributed by atoms with Gasteiger partial charge < -0.3 is 15.5 Å². The summed E-state index contributed by atoms with van der Waals surface area (Å²) in [5.74, 6) is 0.350. The third-order valence-electron chi connectivity index (χ3n) is 7.18. The number of piperazine rings is 1. The number of anilines is 2. The Morgan fingerprint density at radius 3 is 2.62 bits per heavy atom. The number of para-hydroxylation sites is 1. The smallest absolute Gasteiger partial charge is 0.355 e. The molecule has 0 saturated carbocycles. The summed E-state index contributed by atoms with van der Waals surface area (Å²) in [7, 11) is 0. The third-order valence-corrected chi connectivity index (χ3v) is 7.80. The first-order valence-corrected chi connectivity index (χ1v) is 13.9. The lowest BCUT2D eigenvalue weighted by Gasteiger charge is -2.40. The van der Waals surface area contributed by atoms with Crippen molar-refractivity contribution in [2.75, 3.05) is 30.3 Å². The molecule has 2 aromatic carbocycles. The van der Waals surface area contributed by atoms with E-state index >= 15 is 0 Å². The minimum Gasteiger partial charge on any atom is -0.399 e. The van der Waals surface area contributed by atoms with Crippen molar-refractivity contribution in [3.8, 4) is 16.9 Å². The van der Waals surface area contributed by atoms with Crippen molar-refractivity contribution in [3.05, 3.63) is 87.3 Å². The van der Waals surface area contributed by atoms with Gasteiger partial charge >= 0.3 is 5.69 Å². The van der Waals surface area contributed by atoms with Gasteiger partial charge in [0.2, 0.25) is 5.91 Å². The highest BCUT2D eigenvalue weighted by Gasteiger charge is 2.30. The van der Waals surface area contributed by atoms with Crippen molar-refractivity contribution in [3.63, 3.8) is 0 Å². The zero-order valence-electron chi connectivity index (χ0n) is 22.4. The lowest BCUT2D eigenvalue weighted by atomic mass is 10.1. The second-order valence-electron chi connectivity index (χ2n) is 9.89. The van der Waals surface area contributed by atoms with Gasteiger partial charge in [-0.3, -0.25) is 4.79 Å². The van der Waals surface area contributed by atoms with Gasteiger partial charge in [0.1, 0.15) is 5.82 Å². The first-order valence-electron chi connectivity index (χ1n) is 13.2. The molecule has 0 bridgehead atoms. The predicted molar refractivity (Wildman–Crippen MR) is 163 cm³/mol. The summed E-state index contributed by atoms with van der Waals surface area (Å²) in [6.45, 7) is 9.11. The molecule has 0 aliphatic carbocycles. The number of nitrogens with zero attached hydrogens (tertiary/aromatic N) is 5. The first kappa shape index (κ1) is 27.7. The summed E-state index contributed by atoms with van der Waals surface area (Å²) in [5.41, 5.74) is 9.24. The van der Waals surface area contributed by atoms with Crippen molar-refractivity contribution in [1.29, 1.82) is 0 Å². The Morgan fingerprint density at radius 1 is 1.12 bits per heavy atom. The number of fused-ring (bicyclic) bond motifs is 1. The van der Waals surface area contributed by atoms with Gasteiger partial charge in [0.15, 0.2) is 5.65 Å². The number of hydrogen-bond donors (Lipinski definition) is 1. The van der Waals surface area contributed by atoms with E-state index < -0.39 is 5.69 Å². The van der Waals surface area contributed by atoms with Crippen molar-refractivity contribution in [2.24, 2.45) is 0 Å². The quantitative estimate of drug-likeness (QED) is 0.240. The second kappa shape index (κ2) is 11.3. The lowest BCUT2D eigenvalue weighted by Crippen LogP contribution is -2.54. The molecule has 1 saturated heterocycles. The van der Waals surface area contributed by atoms with Crippen LogP contribution in [0.4, 0.5) is 11.5 Å². The number of nitrogens with two attached hydrogens (primary N) is 1. The molecule has 8 nitrogen and oxygen atoms in total. The van der Waals surface area contributed by atoms with E-state index in [4.69, 9.17) is 33.9 Å². The number of aromatic nitrogens is 3. The molecular formula is C30H30Cl2N6O2. The van der Waals surface area contributed by atoms with Crippen LogP contribution in [0.5, 0.6) is 0 Å². The van der Waals surface area contributed by atoms with Crippen LogP contribution in [0.2, 0.25) is 10.0 Å². The van der Waals surface area contributed by atoms with E-state index in [1.54, 1.807) is 33.7 Å². The average Bonchev–Trinajstić information content (AvgIpc) is 2.94. The third kappa shape index (κ3) is 5.05. The molecule has 2 N–H and O–H groups in total. The number of rotatable bonds is 6. The number of carbonyl (C=O) groups excluding carboxylic acids is 1. The van der Waals surface area contributed by atoms with E-state index in [9.17, 15) is 9.59 Å². The fourth-order valence-electron chi connectivity index (χ4n) is 5.27. The van der Waals surface area contributed by atoms with Crippen LogP contribution in [0.1, 0.15) is 25.8 Å². The highest BCUT2D eigenvalue weighted by molar-refractivity contribution is 6.36. The Kier molecular flexibility index (Phi) is 7.83. The molecule has 0 spiro atoms. The lowest BCUT2D eigenvalue weighted by molar-refractivity contribution is -0.126. The topological polar surface area (TPSA) is 97.4 Å². The maximum Gasteiger partial charge on any atom is 0.355 e. The summed E-state index contributed by atoms with van der Waals surface area (Å²) in [5, 5.41) is 1.41. The summed E-state index contributed by atoms with van der Waals surface area (Å²) in [6, 6.07) is 14.6. The zero-order valence-corrected chi connectivity index (χ0v) is 23.9. The highest BCUT2D eigenvalue weighted by Crippen LogP contribution is 2.37. The SMILES string of the molecule is C=CC(=O)N1CCN(c2nc(=O)n(-c3ccccc3CCC)c3nc(-c4cc(N)ccc4Cl)c(Cl)cc23)[C@@H](C)C1. The molecule has 206 valence electrons. The van der Waals surface area contributed by atoms with Gasteiger partial charge in [-0.25, -0.2) is 14.3 Å². The first-order chi connectivity index (χ1) is 19.2. The fraction of sp³-hybridized carbons (Fsp3) is 0.267. The molecule has 0 radical (unpaired) electrons. The van der Waals surface area contributed by atoms with Crippen molar-refractivity contribution >= 4 is 51.6 Å². The Morgan fingerprint density at radius 2 is 1.90 bits per heavy atom. The van der Waals surface area contributed by atoms with Crippen molar-refractivity contribution < 1.29 is 4.79 Å². The number of aryl methyl sites for hydroxylation is 1. The van der Waals surface area contributed by atoms with Crippen LogP contribution in [-0.4, -0.2) is 51.0 Å². The highest BCUT2D eigenvalue weighted by atomic mass is 35.5. The molecule has 10 heteroatoms. The molecule has 4 aromatic rings. The van der Waals surface area contributed by atoms with Gasteiger partial charge in [-0.2, -0.15) is 4.98 Å². The molecule has 5 rings (SSSR count). The van der Waals surface area contributed by atoms with Crippen LogP contribution >= 0.6 is 23.2 Å². The van der Waals surface area contributed by atoms with Crippen LogP contribution in [0.25, 0.3) is 28.0 Å². The fourth-order valence-corrected chi connectivity index (χ4v) is 5.73. The van der Waals surface area contributed by atoms with Crippen LogP contribution in [0.15, 0.2) is 66.0 Å². The minimum absolute atomic E-state index is 0.113. The van der Waals surface area contributed by atoms with E-state index in [-0.39, 0.29) is 11.9 Å². The Balaban J connectivity index is 1.78. The summed E-state index contributed by atoms with van der Waals surface area (Å²) < 4.78 is 1.55. The van der Waals surface area contributed by atoms with Gasteiger partial charge in [-0.1, -0.05) is 61.3 Å². The monoisotopic (exact) mass is 576 g/mol. The standard InChI is InChI=1S/C30H30Cl2N6O2/c1-4-8-19-9-6-7-10-25(19)38-29-22(16-24(32)27(34-29)21-15-20(33)11-12-23(21)31)28(35-30(38)40)37-14-13-36(17-18(37)3)26(39)5-2/h5-7,9-12,15-16,18H,2,4,8,13-14,17,33H2,1,3H3/t18-/m0/s1. The molecule has 3 heterocycles. The Bertz CT molecular complexity index is 1690. The molecule has 1 atom stereocenters. The second-order valence-corrected chi connectivity index (χ2v) is 10.7. The van der Waals surface area contributed by atoms with E-state index in [2.05, 4.69) is 18.5 Å². The predicted octanol–water partition coefficient (Wildman–Crippen LogP) is 5.51. The van der Waals surface area contributed by atoms with Crippen molar-refractivity contribution in [2.45, 2.75) is 32.7 Å². The van der Waals surface area contributed by atoms with Crippen LogP contribution in [0, 0.1) is 0 Å². The van der Waals surface area contributed by atoms with Crippen LogP contribution < -0.4 is 16.3 Å². The number of benzene rings is 2. The normalized spacial score (nSPS) is 15.4. The molecule has 1 amide bonds. The van der Waals surface area contributed by atoms with E-state index in [0.29, 0.717) is 69.2 Å². The van der Waals surface area contributed by atoms with Gasteiger partial charge in [0, 0.05) is 36.9 Å². The van der Waals surface area contributed by atoms with Gasteiger partial charge in [-0.15, -0.1) is 0 Å². The van der Waals surface area contributed by atoms with Crippen molar-refractivity contribution in [1.82, 2.24) is 19.4 Å². The number of carbonyl (C=O) groups is 1. The van der Waals surface area contributed by atoms with E-state index in [1.807, 2.05) is 36.1 Å². The Hall–Kier alpha value is -3.88. The maximum atomic E-state index is 13.9. The zero-order chi connectivity index (χ0) is 28.6.